The molecule has 0 saturated carbocycles. The second-order valence-corrected chi connectivity index (χ2v) is 11.7. The summed E-state index contributed by atoms with van der Waals surface area (Å²) in [7, 11) is 5.37. The lowest BCUT2D eigenvalue weighted by molar-refractivity contribution is -0.0387. The molecule has 0 aliphatic rings. The number of allylic oxidation sites excluding steroid dienone is 2. The molecule has 0 aliphatic heterocycles. The lowest BCUT2D eigenvalue weighted by Gasteiger charge is -2.08. The molecule has 0 spiro atoms. The number of amides is 2. The molecule has 0 aliphatic carbocycles. The number of imidazole rings is 2. The number of carbonyl (C=O) groups is 2. The summed E-state index contributed by atoms with van der Waals surface area (Å²) >= 11 is 0. The average Bonchev–Trinajstić information content (AvgIpc) is 3.84. The van der Waals surface area contributed by atoms with Crippen LogP contribution in [0, 0.1) is 13.8 Å². The first-order valence-electron chi connectivity index (χ1n) is 16.0. The van der Waals surface area contributed by atoms with E-state index in [4.69, 9.17) is 9.47 Å². The van der Waals surface area contributed by atoms with E-state index in [1.807, 2.05) is 108 Å². The predicted molar refractivity (Wildman–Crippen MR) is 183 cm³/mol. The maximum atomic E-state index is 13.6. The highest BCUT2D eigenvalue weighted by Gasteiger charge is 2.18. The highest BCUT2D eigenvalue weighted by molar-refractivity contribution is 5.94. The smallest absolute Gasteiger partial charge is 0.298 e. The largest absolute Gasteiger partial charge is 0.359 e. The fourth-order valence-corrected chi connectivity index (χ4v) is 6.05. The van der Waals surface area contributed by atoms with Crippen molar-refractivity contribution in [1.29, 1.82) is 0 Å². The van der Waals surface area contributed by atoms with Crippen LogP contribution < -0.4 is 11.2 Å². The van der Waals surface area contributed by atoms with Crippen molar-refractivity contribution in [2.75, 3.05) is 13.9 Å². The summed E-state index contributed by atoms with van der Waals surface area (Å²) in [5.74, 6) is -0.785. The van der Waals surface area contributed by atoms with Gasteiger partial charge < -0.3 is 27.7 Å². The molecule has 254 valence electrons. The van der Waals surface area contributed by atoms with E-state index >= 15 is 0 Å². The van der Waals surface area contributed by atoms with Crippen molar-refractivity contribution in [3.63, 3.8) is 0 Å². The minimum atomic E-state index is -0.408. The molecule has 14 nitrogen and oxygen atoms in total. The van der Waals surface area contributed by atoms with E-state index in [0.29, 0.717) is 54.6 Å². The van der Waals surface area contributed by atoms with Crippen LogP contribution in [0.2, 0.25) is 0 Å². The molecule has 0 unspecified atom stereocenters. The van der Waals surface area contributed by atoms with E-state index in [0.717, 1.165) is 33.3 Å². The van der Waals surface area contributed by atoms with Gasteiger partial charge in [-0.05, 0) is 51.1 Å². The number of para-hydroxylation sites is 3. The van der Waals surface area contributed by atoms with Gasteiger partial charge >= 0.3 is 0 Å². The maximum absolute atomic E-state index is 13.6. The standard InChI is InChI=1S/C35H40N10O4/c1-7-45-30(20-24(3)40-45)33(47)37-35-42(5)29-16-12-13-25(21-49-22-48-6)31(29)44(35)18-11-10-17-43-28-15-9-8-14-27(28)41(4)34(43)36-32(46)26-19-23(2)38-39-26/h8-16,19-20H,7,17-18,21-22H2,1-6H3,(H,38,39)/b11-10+,36-34+,37-35+. The highest BCUT2D eigenvalue weighted by atomic mass is 16.7. The number of methoxy groups -OCH3 is 1. The molecule has 0 fully saturated rings. The fourth-order valence-electron chi connectivity index (χ4n) is 6.05. The van der Waals surface area contributed by atoms with Crippen LogP contribution in [0.5, 0.6) is 0 Å². The number of nitrogens with one attached hydrogen (secondary N) is 1. The molecule has 14 heteroatoms. The Kier molecular flexibility index (Phi) is 9.69. The molecule has 1 N–H and O–H groups in total. The molecule has 0 saturated heterocycles. The Morgan fingerprint density at radius 3 is 2.24 bits per heavy atom. The second-order valence-electron chi connectivity index (χ2n) is 11.7. The second kappa shape index (κ2) is 14.3. The monoisotopic (exact) mass is 664 g/mol. The van der Waals surface area contributed by atoms with E-state index in [-0.39, 0.29) is 12.7 Å². The van der Waals surface area contributed by atoms with Crippen molar-refractivity contribution in [1.82, 2.24) is 38.2 Å². The van der Waals surface area contributed by atoms with Crippen LogP contribution in [0.1, 0.15) is 44.9 Å². The van der Waals surface area contributed by atoms with Crippen LogP contribution in [-0.2, 0) is 49.8 Å². The first kappa shape index (κ1) is 33.3. The zero-order chi connectivity index (χ0) is 34.7. The van der Waals surface area contributed by atoms with Gasteiger partial charge in [0.05, 0.1) is 40.1 Å². The quantitative estimate of drug-likeness (QED) is 0.127. The Morgan fingerprint density at radius 1 is 0.857 bits per heavy atom. The van der Waals surface area contributed by atoms with Crippen LogP contribution in [0.3, 0.4) is 0 Å². The van der Waals surface area contributed by atoms with Crippen molar-refractivity contribution in [2.45, 2.75) is 47.0 Å². The Labute approximate surface area is 282 Å². The van der Waals surface area contributed by atoms with Crippen molar-refractivity contribution in [2.24, 2.45) is 24.1 Å². The van der Waals surface area contributed by atoms with Gasteiger partial charge in [0.25, 0.3) is 11.8 Å². The molecule has 6 rings (SSSR count). The number of aryl methyl sites for hydroxylation is 5. The Bertz CT molecular complexity index is 2340. The van der Waals surface area contributed by atoms with Gasteiger partial charge in [0, 0.05) is 46.4 Å². The zero-order valence-corrected chi connectivity index (χ0v) is 28.5. The van der Waals surface area contributed by atoms with Crippen LogP contribution in [0.15, 0.2) is 76.7 Å². The number of aromatic amines is 1. The third-order valence-corrected chi connectivity index (χ3v) is 8.31. The fraction of sp³-hybridized carbons (Fsp3) is 0.314. The van der Waals surface area contributed by atoms with Gasteiger partial charge in [0.1, 0.15) is 18.2 Å². The van der Waals surface area contributed by atoms with Crippen molar-refractivity contribution >= 4 is 33.9 Å². The van der Waals surface area contributed by atoms with Gasteiger partial charge in [-0.15, -0.1) is 0 Å². The minimum absolute atomic E-state index is 0.150. The van der Waals surface area contributed by atoms with Crippen LogP contribution in [-0.4, -0.2) is 64.0 Å². The topological polar surface area (TPSA) is 144 Å². The Balaban J connectivity index is 1.41. The number of nitrogens with zero attached hydrogens (tertiary/aromatic N) is 9. The van der Waals surface area contributed by atoms with E-state index in [2.05, 4.69) is 25.3 Å². The average molecular weight is 665 g/mol. The number of aromatic nitrogens is 8. The summed E-state index contributed by atoms with van der Waals surface area (Å²) < 4.78 is 20.4. The molecule has 4 aromatic heterocycles. The predicted octanol–water partition coefficient (Wildman–Crippen LogP) is 3.69. The van der Waals surface area contributed by atoms with E-state index in [1.54, 1.807) is 23.9 Å². The molecule has 0 atom stereocenters. The van der Waals surface area contributed by atoms with Crippen molar-refractivity contribution < 1.29 is 19.1 Å². The van der Waals surface area contributed by atoms with Crippen LogP contribution in [0.25, 0.3) is 22.1 Å². The Hall–Kier alpha value is -5.60. The van der Waals surface area contributed by atoms with Crippen molar-refractivity contribution in [3.8, 4) is 0 Å². The molecular weight excluding hydrogens is 624 g/mol. The van der Waals surface area contributed by atoms with Crippen LogP contribution in [0.4, 0.5) is 0 Å². The summed E-state index contributed by atoms with van der Waals surface area (Å²) in [4.78, 5) is 35.8. The molecular formula is C35H40N10O4. The summed E-state index contributed by atoms with van der Waals surface area (Å²) in [5, 5.41) is 11.3. The Morgan fingerprint density at radius 2 is 1.53 bits per heavy atom. The molecule has 0 bridgehead atoms. The van der Waals surface area contributed by atoms with Crippen LogP contribution >= 0.6 is 0 Å². The third-order valence-electron chi connectivity index (χ3n) is 8.31. The van der Waals surface area contributed by atoms with E-state index in [1.165, 1.54) is 0 Å². The highest BCUT2D eigenvalue weighted by Crippen LogP contribution is 2.20. The molecule has 0 radical (unpaired) electrons. The number of hydrogen-bond acceptors (Lipinski definition) is 6. The first-order valence-corrected chi connectivity index (χ1v) is 16.0. The normalized spacial score (nSPS) is 12.8. The van der Waals surface area contributed by atoms with Gasteiger partial charge in [-0.25, -0.2) is 0 Å². The van der Waals surface area contributed by atoms with E-state index < -0.39 is 5.91 Å². The summed E-state index contributed by atoms with van der Waals surface area (Å²) in [5.41, 5.74) is 7.80. The number of fused-ring (bicyclic) bond motifs is 2. The number of rotatable bonds is 11. The maximum Gasteiger partial charge on any atom is 0.298 e. The lowest BCUT2D eigenvalue weighted by Crippen LogP contribution is -2.27. The molecule has 2 amide bonds. The van der Waals surface area contributed by atoms with Gasteiger partial charge in [-0.2, -0.15) is 20.2 Å². The molecule has 2 aromatic carbocycles. The summed E-state index contributed by atoms with van der Waals surface area (Å²) in [6.07, 6.45) is 4.04. The summed E-state index contributed by atoms with van der Waals surface area (Å²) in [6.45, 7) is 7.47. The molecule has 6 aromatic rings. The summed E-state index contributed by atoms with van der Waals surface area (Å²) in [6, 6.07) is 17.3. The number of H-pyrrole nitrogens is 1. The molecule has 4 heterocycles. The third kappa shape index (κ3) is 6.60. The number of benzene rings is 2. The van der Waals surface area contributed by atoms with E-state index in [9.17, 15) is 9.59 Å². The zero-order valence-electron chi connectivity index (χ0n) is 28.5. The minimum Gasteiger partial charge on any atom is -0.359 e. The first-order chi connectivity index (χ1) is 23.7. The number of hydrogen-bond donors (Lipinski definition) is 1. The van der Waals surface area contributed by atoms with Gasteiger partial charge in [-0.3, -0.25) is 19.4 Å². The lowest BCUT2D eigenvalue weighted by atomic mass is 10.2. The van der Waals surface area contributed by atoms with Crippen molar-refractivity contribution in [3.05, 3.63) is 106 Å². The van der Waals surface area contributed by atoms with Gasteiger partial charge in [-0.1, -0.05) is 36.4 Å². The van der Waals surface area contributed by atoms with Gasteiger partial charge in [0.15, 0.2) is 0 Å². The van der Waals surface area contributed by atoms with Gasteiger partial charge in [0.2, 0.25) is 11.2 Å². The SMILES string of the molecule is CCn1nc(C)cc1C(=O)/N=c1\n(C)c2cccc(COCOC)c2n1C/C=C/Cn1/c(=N/C(=O)c2cc(C)n[nH]2)n(C)c2ccccc21. The number of carbonyl (C=O) groups excluding carboxylic acids is 2. The molecule has 49 heavy (non-hydrogen) atoms. The number of ether oxygens (including phenoxy) is 2.